The van der Waals surface area contributed by atoms with Crippen molar-refractivity contribution in [2.24, 2.45) is 0 Å². The highest BCUT2D eigenvalue weighted by molar-refractivity contribution is 5.63. The van der Waals surface area contributed by atoms with Crippen LogP contribution in [-0.2, 0) is 12.0 Å². The van der Waals surface area contributed by atoms with Crippen LogP contribution in [0.1, 0.15) is 30.7 Å². The lowest BCUT2D eigenvalue weighted by atomic mass is 9.64. The van der Waals surface area contributed by atoms with Crippen molar-refractivity contribution in [1.82, 2.24) is 29.9 Å². The van der Waals surface area contributed by atoms with E-state index in [9.17, 15) is 0 Å². The number of hydrogen-bond donors (Lipinski definition) is 1. The number of benzene rings is 1. The quantitative estimate of drug-likeness (QED) is 0.542. The molecule has 0 amide bonds. The van der Waals surface area contributed by atoms with Crippen LogP contribution in [0.4, 0.5) is 5.95 Å². The largest absolute Gasteiger partial charge is 0.368 e. The highest BCUT2D eigenvalue weighted by Gasteiger charge is 2.44. The molecule has 3 aromatic heterocycles. The molecule has 0 atom stereocenters. The Kier molecular flexibility index (Phi) is 4.25. The van der Waals surface area contributed by atoms with Gasteiger partial charge < -0.3 is 10.3 Å². The van der Waals surface area contributed by atoms with Gasteiger partial charge in [-0.3, -0.25) is 4.68 Å². The number of nitrogens with zero attached hydrogens (tertiary/aromatic N) is 7. The zero-order valence-electron chi connectivity index (χ0n) is 16.1. The molecule has 0 saturated heterocycles. The third kappa shape index (κ3) is 2.99. The topological polar surface area (TPSA) is 132 Å². The van der Waals surface area contributed by atoms with Gasteiger partial charge in [0.2, 0.25) is 5.95 Å². The lowest BCUT2D eigenvalue weighted by molar-refractivity contribution is 0.273. The second-order valence-corrected chi connectivity index (χ2v) is 7.35. The molecule has 3 heterocycles. The minimum atomic E-state index is -0.249. The number of hydrogen-bond acceptors (Lipinski definition) is 8. The van der Waals surface area contributed by atoms with Crippen LogP contribution in [0.25, 0.3) is 22.6 Å². The standard InChI is InChI=1S/C21H18N8O/c22-8-9-29-13-16(12-26-29)18-27-19(28-30-18)21(6-1-7-21)17-4-2-14(3-5-17)15-10-24-20(23)25-11-15/h2-5,10-13H,1,6-7,9H2,(H2,23,24,25). The average Bonchev–Trinajstić information content (AvgIpc) is 3.39. The van der Waals surface area contributed by atoms with Crippen molar-refractivity contribution in [3.05, 3.63) is 60.4 Å². The van der Waals surface area contributed by atoms with E-state index in [2.05, 4.69) is 55.5 Å². The van der Waals surface area contributed by atoms with Gasteiger partial charge in [-0.1, -0.05) is 35.8 Å². The van der Waals surface area contributed by atoms with Crippen LogP contribution in [0.15, 0.2) is 53.6 Å². The first kappa shape index (κ1) is 18.0. The number of anilines is 1. The summed E-state index contributed by atoms with van der Waals surface area (Å²) in [7, 11) is 0. The SMILES string of the molecule is N#CCn1cc(-c2nc(C3(c4ccc(-c5cnc(N)nc5)cc4)CCC3)no2)cn1. The smallest absolute Gasteiger partial charge is 0.261 e. The molecule has 148 valence electrons. The molecule has 1 aromatic carbocycles. The predicted octanol–water partition coefficient (Wildman–Crippen LogP) is 2.97. The van der Waals surface area contributed by atoms with Gasteiger partial charge in [0.1, 0.15) is 6.54 Å². The van der Waals surface area contributed by atoms with Crippen LogP contribution in [0.2, 0.25) is 0 Å². The van der Waals surface area contributed by atoms with Gasteiger partial charge >= 0.3 is 0 Å². The van der Waals surface area contributed by atoms with E-state index < -0.39 is 0 Å². The number of aromatic nitrogens is 6. The Morgan fingerprint density at radius 3 is 2.50 bits per heavy atom. The maximum Gasteiger partial charge on any atom is 0.261 e. The third-order valence-electron chi connectivity index (χ3n) is 5.62. The molecular weight excluding hydrogens is 380 g/mol. The van der Waals surface area contributed by atoms with Gasteiger partial charge in [0, 0.05) is 24.2 Å². The summed E-state index contributed by atoms with van der Waals surface area (Å²) in [5.41, 5.74) is 9.11. The Morgan fingerprint density at radius 2 is 1.83 bits per heavy atom. The van der Waals surface area contributed by atoms with Crippen molar-refractivity contribution in [1.29, 1.82) is 5.26 Å². The highest BCUT2D eigenvalue weighted by atomic mass is 16.5. The second kappa shape index (κ2) is 7.08. The van der Waals surface area contributed by atoms with Gasteiger partial charge in [0.15, 0.2) is 5.82 Å². The summed E-state index contributed by atoms with van der Waals surface area (Å²) in [6.45, 7) is 0.177. The molecule has 9 heteroatoms. The van der Waals surface area contributed by atoms with Gasteiger partial charge in [-0.2, -0.15) is 15.3 Å². The number of nitrogen functional groups attached to an aromatic ring is 1. The van der Waals surface area contributed by atoms with Crippen molar-refractivity contribution in [2.75, 3.05) is 5.73 Å². The Bertz CT molecular complexity index is 1210. The van der Waals surface area contributed by atoms with Crippen molar-refractivity contribution in [3.63, 3.8) is 0 Å². The molecular formula is C21H18N8O. The minimum Gasteiger partial charge on any atom is -0.368 e. The summed E-state index contributed by atoms with van der Waals surface area (Å²) in [5, 5.41) is 17.2. The first-order valence-electron chi connectivity index (χ1n) is 9.60. The van der Waals surface area contributed by atoms with E-state index in [0.717, 1.165) is 36.0 Å². The fraction of sp³-hybridized carbons (Fsp3) is 0.238. The van der Waals surface area contributed by atoms with Crippen LogP contribution in [0.5, 0.6) is 0 Å². The normalized spacial score (nSPS) is 14.8. The van der Waals surface area contributed by atoms with Gasteiger partial charge in [0.25, 0.3) is 5.89 Å². The van der Waals surface area contributed by atoms with Gasteiger partial charge in [0.05, 0.1) is 23.2 Å². The lowest BCUT2D eigenvalue weighted by Crippen LogP contribution is -2.36. The molecule has 5 rings (SSSR count). The van der Waals surface area contributed by atoms with E-state index in [0.29, 0.717) is 17.3 Å². The maximum absolute atomic E-state index is 8.81. The molecule has 0 spiro atoms. The van der Waals surface area contributed by atoms with E-state index in [1.807, 2.05) is 0 Å². The molecule has 0 radical (unpaired) electrons. The third-order valence-corrected chi connectivity index (χ3v) is 5.62. The van der Waals surface area contributed by atoms with E-state index in [4.69, 9.17) is 15.5 Å². The van der Waals surface area contributed by atoms with E-state index in [1.165, 1.54) is 4.68 Å². The van der Waals surface area contributed by atoms with E-state index in [-0.39, 0.29) is 17.9 Å². The number of nitrogens with two attached hydrogens (primary N) is 1. The number of rotatable bonds is 5. The summed E-state index contributed by atoms with van der Waals surface area (Å²) < 4.78 is 7.06. The predicted molar refractivity (Wildman–Crippen MR) is 108 cm³/mol. The Balaban J connectivity index is 1.44. The molecule has 0 bridgehead atoms. The minimum absolute atomic E-state index is 0.177. The van der Waals surface area contributed by atoms with Crippen LogP contribution >= 0.6 is 0 Å². The molecule has 30 heavy (non-hydrogen) atoms. The Hall–Kier alpha value is -4.06. The lowest BCUT2D eigenvalue weighted by Gasteiger charge is -2.39. The zero-order chi connectivity index (χ0) is 20.6. The summed E-state index contributed by atoms with van der Waals surface area (Å²) in [6, 6.07) is 10.4. The second-order valence-electron chi connectivity index (χ2n) is 7.35. The van der Waals surface area contributed by atoms with Crippen LogP contribution in [0.3, 0.4) is 0 Å². The summed E-state index contributed by atoms with van der Waals surface area (Å²) in [5.74, 6) is 1.35. The van der Waals surface area contributed by atoms with Crippen LogP contribution in [-0.4, -0.2) is 29.9 Å². The molecule has 0 unspecified atom stereocenters. The number of nitriles is 1. The average molecular weight is 398 g/mol. The fourth-order valence-electron chi connectivity index (χ4n) is 3.81. The summed E-state index contributed by atoms with van der Waals surface area (Å²) in [6.07, 6.45) is 9.83. The first-order chi connectivity index (χ1) is 14.7. The Morgan fingerprint density at radius 1 is 1.07 bits per heavy atom. The highest BCUT2D eigenvalue weighted by Crippen LogP contribution is 2.48. The summed E-state index contributed by atoms with van der Waals surface area (Å²) >= 11 is 0. The van der Waals surface area contributed by atoms with Crippen molar-refractivity contribution in [3.8, 4) is 28.7 Å². The zero-order valence-corrected chi connectivity index (χ0v) is 16.1. The molecule has 1 aliphatic carbocycles. The molecule has 0 aliphatic heterocycles. The fourth-order valence-corrected chi connectivity index (χ4v) is 3.81. The van der Waals surface area contributed by atoms with Gasteiger partial charge in [-0.05, 0) is 24.0 Å². The summed E-state index contributed by atoms with van der Waals surface area (Å²) in [4.78, 5) is 12.8. The molecule has 1 fully saturated rings. The molecule has 1 aliphatic rings. The van der Waals surface area contributed by atoms with Gasteiger partial charge in [-0.25, -0.2) is 9.97 Å². The van der Waals surface area contributed by atoms with E-state index >= 15 is 0 Å². The molecule has 9 nitrogen and oxygen atoms in total. The maximum atomic E-state index is 8.81. The van der Waals surface area contributed by atoms with Crippen LogP contribution < -0.4 is 5.73 Å². The van der Waals surface area contributed by atoms with Crippen molar-refractivity contribution >= 4 is 5.95 Å². The van der Waals surface area contributed by atoms with Crippen molar-refractivity contribution < 1.29 is 4.52 Å². The van der Waals surface area contributed by atoms with Crippen LogP contribution in [0, 0.1) is 11.3 Å². The van der Waals surface area contributed by atoms with Gasteiger partial charge in [-0.15, -0.1) is 0 Å². The van der Waals surface area contributed by atoms with E-state index in [1.54, 1.807) is 24.8 Å². The Labute approximate surface area is 172 Å². The van der Waals surface area contributed by atoms with Crippen molar-refractivity contribution in [2.45, 2.75) is 31.2 Å². The monoisotopic (exact) mass is 398 g/mol. The first-order valence-corrected chi connectivity index (χ1v) is 9.60. The molecule has 4 aromatic rings. The molecule has 2 N–H and O–H groups in total. The molecule has 1 saturated carbocycles.